The Labute approximate surface area is 106 Å². The highest BCUT2D eigenvalue weighted by atomic mass is 19.1. The van der Waals surface area contributed by atoms with Gasteiger partial charge < -0.3 is 10.6 Å². The van der Waals surface area contributed by atoms with E-state index < -0.39 is 0 Å². The Kier molecular flexibility index (Phi) is 5.04. The fourth-order valence-corrected chi connectivity index (χ4v) is 2.06. The maximum Gasteiger partial charge on any atom is 0.126 e. The summed E-state index contributed by atoms with van der Waals surface area (Å²) in [4.78, 5) is 2.30. The molecule has 0 saturated carbocycles. The third-order valence-corrected chi connectivity index (χ3v) is 3.12. The van der Waals surface area contributed by atoms with Crippen LogP contribution < -0.4 is 10.6 Å². The molecular formula is C13H19F2N3. The Bertz CT molecular complexity index is 378. The minimum Gasteiger partial charge on any atom is -0.314 e. The molecule has 0 unspecified atom stereocenters. The van der Waals surface area contributed by atoms with Crippen molar-refractivity contribution in [1.82, 2.24) is 15.5 Å². The van der Waals surface area contributed by atoms with Crippen LogP contribution in [0.5, 0.6) is 0 Å². The summed E-state index contributed by atoms with van der Waals surface area (Å²) < 4.78 is 26.3. The van der Waals surface area contributed by atoms with Gasteiger partial charge >= 0.3 is 0 Å². The Morgan fingerprint density at radius 1 is 1.22 bits per heavy atom. The average Bonchev–Trinajstić information content (AvgIpc) is 2.40. The maximum atomic E-state index is 13.3. The maximum absolute atomic E-state index is 13.3. The summed E-state index contributed by atoms with van der Waals surface area (Å²) in [6.07, 6.45) is 0.510. The molecule has 3 nitrogen and oxygen atoms in total. The van der Waals surface area contributed by atoms with Gasteiger partial charge in [0.2, 0.25) is 0 Å². The molecule has 1 heterocycles. The first-order valence-electron chi connectivity index (χ1n) is 6.33. The van der Waals surface area contributed by atoms with E-state index in [0.717, 1.165) is 38.9 Å². The third kappa shape index (κ3) is 4.01. The highest BCUT2D eigenvalue weighted by Crippen LogP contribution is 2.09. The predicted octanol–water partition coefficient (Wildman–Crippen LogP) is 0.960. The van der Waals surface area contributed by atoms with Crippen LogP contribution in [0, 0.1) is 11.6 Å². The highest BCUT2D eigenvalue weighted by Gasteiger charge is 2.08. The van der Waals surface area contributed by atoms with E-state index in [1.165, 1.54) is 12.1 Å². The molecular weight excluding hydrogens is 236 g/mol. The molecule has 100 valence electrons. The van der Waals surface area contributed by atoms with Gasteiger partial charge in [-0.2, -0.15) is 0 Å². The van der Waals surface area contributed by atoms with E-state index in [1.807, 2.05) is 0 Å². The first-order chi connectivity index (χ1) is 8.75. The largest absolute Gasteiger partial charge is 0.314 e. The lowest BCUT2D eigenvalue weighted by Gasteiger charge is -2.27. The summed E-state index contributed by atoms with van der Waals surface area (Å²) in [6, 6.07) is 3.59. The second kappa shape index (κ2) is 6.78. The lowest BCUT2D eigenvalue weighted by molar-refractivity contribution is 0.224. The van der Waals surface area contributed by atoms with Crippen LogP contribution >= 0.6 is 0 Å². The number of hydrogen-bond donors (Lipinski definition) is 2. The summed E-state index contributed by atoms with van der Waals surface area (Å²) in [5.74, 6) is -0.714. The lowest BCUT2D eigenvalue weighted by Crippen LogP contribution is -2.47. The van der Waals surface area contributed by atoms with Crippen LogP contribution in [0.15, 0.2) is 18.2 Å². The molecule has 0 radical (unpaired) electrons. The molecule has 2 rings (SSSR count). The minimum absolute atomic E-state index is 0.333. The Morgan fingerprint density at radius 3 is 2.78 bits per heavy atom. The molecule has 1 aliphatic rings. The van der Waals surface area contributed by atoms with Gasteiger partial charge in [0.1, 0.15) is 11.6 Å². The molecule has 0 aliphatic carbocycles. The number of nitrogens with zero attached hydrogens (tertiary/aromatic N) is 1. The van der Waals surface area contributed by atoms with Crippen molar-refractivity contribution >= 4 is 0 Å². The van der Waals surface area contributed by atoms with Crippen molar-refractivity contribution in [2.45, 2.75) is 6.42 Å². The predicted molar refractivity (Wildman–Crippen MR) is 67.4 cm³/mol. The molecule has 5 heteroatoms. The third-order valence-electron chi connectivity index (χ3n) is 3.12. The van der Waals surface area contributed by atoms with Crippen molar-refractivity contribution in [2.75, 3.05) is 39.4 Å². The second-order valence-electron chi connectivity index (χ2n) is 4.51. The van der Waals surface area contributed by atoms with E-state index in [1.54, 1.807) is 0 Å². The summed E-state index contributed by atoms with van der Waals surface area (Å²) in [5, 5.41) is 6.54. The number of hydrogen-bond acceptors (Lipinski definition) is 3. The van der Waals surface area contributed by atoms with Gasteiger partial charge in [0, 0.05) is 39.4 Å². The summed E-state index contributed by atoms with van der Waals surface area (Å²) in [7, 11) is 0. The van der Waals surface area contributed by atoms with E-state index >= 15 is 0 Å². The quantitative estimate of drug-likeness (QED) is 0.767. The average molecular weight is 255 g/mol. The Hall–Kier alpha value is -1.04. The van der Waals surface area contributed by atoms with Crippen molar-refractivity contribution in [3.8, 4) is 0 Å². The van der Waals surface area contributed by atoms with Gasteiger partial charge in [0.25, 0.3) is 0 Å². The smallest absolute Gasteiger partial charge is 0.126 e. The molecule has 1 aromatic carbocycles. The number of halogens is 2. The van der Waals surface area contributed by atoms with Crippen LogP contribution in [0.1, 0.15) is 5.56 Å². The van der Waals surface area contributed by atoms with Crippen molar-refractivity contribution in [3.05, 3.63) is 35.4 Å². The highest BCUT2D eigenvalue weighted by molar-refractivity contribution is 5.18. The van der Waals surface area contributed by atoms with Gasteiger partial charge in [-0.3, -0.25) is 4.90 Å². The summed E-state index contributed by atoms with van der Waals surface area (Å²) >= 11 is 0. The molecule has 1 saturated heterocycles. The van der Waals surface area contributed by atoms with E-state index in [-0.39, 0.29) is 11.6 Å². The fourth-order valence-electron chi connectivity index (χ4n) is 2.06. The zero-order valence-electron chi connectivity index (χ0n) is 10.4. The van der Waals surface area contributed by atoms with Gasteiger partial charge in [-0.05, 0) is 30.2 Å². The fraction of sp³-hybridized carbons (Fsp3) is 0.538. The van der Waals surface area contributed by atoms with E-state index in [4.69, 9.17) is 0 Å². The molecule has 1 fully saturated rings. The number of nitrogens with one attached hydrogen (secondary N) is 2. The molecule has 1 aromatic rings. The van der Waals surface area contributed by atoms with Crippen LogP contribution in [0.25, 0.3) is 0 Å². The molecule has 2 N–H and O–H groups in total. The zero-order valence-corrected chi connectivity index (χ0v) is 10.4. The topological polar surface area (TPSA) is 27.3 Å². The Morgan fingerprint density at radius 2 is 2.00 bits per heavy atom. The van der Waals surface area contributed by atoms with Crippen molar-refractivity contribution in [2.24, 2.45) is 0 Å². The van der Waals surface area contributed by atoms with Crippen LogP contribution in [-0.2, 0) is 6.42 Å². The number of rotatable bonds is 5. The van der Waals surface area contributed by atoms with Gasteiger partial charge in [-0.25, -0.2) is 8.78 Å². The van der Waals surface area contributed by atoms with Gasteiger partial charge in [-0.1, -0.05) is 0 Å². The molecule has 0 aromatic heterocycles. The second-order valence-corrected chi connectivity index (χ2v) is 4.51. The van der Waals surface area contributed by atoms with Crippen molar-refractivity contribution < 1.29 is 8.78 Å². The SMILES string of the molecule is Fc1ccc(F)c(CCNCN2CCNCC2)c1. The standard InChI is InChI=1S/C13H19F2N3/c14-12-1-2-13(15)11(9-12)3-4-17-10-18-7-5-16-6-8-18/h1-2,9,16-17H,3-8,10H2. The van der Waals surface area contributed by atoms with Crippen molar-refractivity contribution in [1.29, 1.82) is 0 Å². The summed E-state index contributed by atoms with van der Waals surface area (Å²) in [5.41, 5.74) is 0.433. The zero-order chi connectivity index (χ0) is 12.8. The first kappa shape index (κ1) is 13.4. The van der Waals surface area contributed by atoms with Crippen LogP contribution in [0.4, 0.5) is 8.78 Å². The lowest BCUT2D eigenvalue weighted by atomic mass is 10.1. The van der Waals surface area contributed by atoms with Gasteiger partial charge in [-0.15, -0.1) is 0 Å². The molecule has 0 atom stereocenters. The number of benzene rings is 1. The molecule has 18 heavy (non-hydrogen) atoms. The van der Waals surface area contributed by atoms with Gasteiger partial charge in [0.15, 0.2) is 0 Å². The van der Waals surface area contributed by atoms with E-state index in [0.29, 0.717) is 18.5 Å². The Balaban J connectivity index is 1.69. The molecule has 0 spiro atoms. The molecule has 0 bridgehead atoms. The normalized spacial score (nSPS) is 17.0. The first-order valence-corrected chi connectivity index (χ1v) is 6.33. The number of piperazine rings is 1. The van der Waals surface area contributed by atoms with E-state index in [9.17, 15) is 8.78 Å². The summed E-state index contributed by atoms with van der Waals surface area (Å²) in [6.45, 7) is 5.55. The van der Waals surface area contributed by atoms with Crippen molar-refractivity contribution in [3.63, 3.8) is 0 Å². The van der Waals surface area contributed by atoms with Gasteiger partial charge in [0.05, 0.1) is 0 Å². The van der Waals surface area contributed by atoms with Crippen LogP contribution in [0.2, 0.25) is 0 Å². The van der Waals surface area contributed by atoms with E-state index in [2.05, 4.69) is 15.5 Å². The molecule has 1 aliphatic heterocycles. The van der Waals surface area contributed by atoms with Crippen LogP contribution in [-0.4, -0.2) is 44.3 Å². The molecule has 0 amide bonds. The minimum atomic E-state index is -0.381. The monoisotopic (exact) mass is 255 g/mol. The van der Waals surface area contributed by atoms with Crippen LogP contribution in [0.3, 0.4) is 0 Å².